The molecule has 0 fully saturated rings. The van der Waals surface area contributed by atoms with Crippen LogP contribution >= 0.6 is 0 Å². The van der Waals surface area contributed by atoms with E-state index in [0.29, 0.717) is 44.9 Å². The van der Waals surface area contributed by atoms with Crippen LogP contribution in [0.1, 0.15) is 20.7 Å². The Bertz CT molecular complexity index is 2140. The number of benzene rings is 5. The van der Waals surface area contributed by atoms with Gasteiger partial charge in [0.25, 0.3) is 11.8 Å². The Morgan fingerprint density at radius 2 is 0.917 bits per heavy atom. The molecule has 2 amide bonds. The highest BCUT2D eigenvalue weighted by molar-refractivity contribution is 6.15. The van der Waals surface area contributed by atoms with Crippen LogP contribution in [-0.2, 0) is 0 Å². The SMILES string of the molecule is COc1ccc(-c2cc(C(=O)Nc3cccc(NC(=O)c4cc(-c5ccc(OC)cc5)nc5ccccc45)c3)c3ccccc3n2)cc1. The Kier molecular flexibility index (Phi) is 8.20. The number of amides is 2. The summed E-state index contributed by atoms with van der Waals surface area (Å²) < 4.78 is 10.6. The van der Waals surface area contributed by atoms with Crippen molar-refractivity contribution in [2.75, 3.05) is 24.9 Å². The molecule has 2 aromatic heterocycles. The van der Waals surface area contributed by atoms with Crippen LogP contribution in [0.2, 0.25) is 0 Å². The Labute approximate surface area is 277 Å². The maximum absolute atomic E-state index is 13.8. The highest BCUT2D eigenvalue weighted by Gasteiger charge is 2.17. The molecule has 0 aliphatic carbocycles. The van der Waals surface area contributed by atoms with Crippen LogP contribution in [0.3, 0.4) is 0 Å². The van der Waals surface area contributed by atoms with Crippen LogP contribution < -0.4 is 20.1 Å². The zero-order valence-corrected chi connectivity index (χ0v) is 26.2. The molecule has 0 spiro atoms. The van der Waals surface area contributed by atoms with E-state index in [1.165, 1.54) is 0 Å². The Hall–Kier alpha value is -6.54. The molecule has 0 unspecified atom stereocenters. The highest BCUT2D eigenvalue weighted by Crippen LogP contribution is 2.29. The summed E-state index contributed by atoms with van der Waals surface area (Å²) in [6, 6.07) is 40.9. The summed E-state index contributed by atoms with van der Waals surface area (Å²) in [5, 5.41) is 7.49. The molecule has 0 atom stereocenters. The van der Waals surface area contributed by atoms with E-state index in [1.54, 1.807) is 50.6 Å². The van der Waals surface area contributed by atoms with Gasteiger partial charge in [-0.3, -0.25) is 9.59 Å². The van der Waals surface area contributed by atoms with Gasteiger partial charge in [0.05, 0.1) is 47.8 Å². The zero-order valence-electron chi connectivity index (χ0n) is 26.2. The second-order valence-corrected chi connectivity index (χ2v) is 11.1. The summed E-state index contributed by atoms with van der Waals surface area (Å²) in [7, 11) is 3.24. The van der Waals surface area contributed by atoms with Crippen LogP contribution in [0.25, 0.3) is 44.3 Å². The number of ether oxygens (including phenoxy) is 2. The van der Waals surface area contributed by atoms with E-state index in [1.807, 2.05) is 97.1 Å². The molecule has 5 aromatic carbocycles. The van der Waals surface area contributed by atoms with Gasteiger partial charge >= 0.3 is 0 Å². The smallest absolute Gasteiger partial charge is 0.256 e. The Morgan fingerprint density at radius 1 is 0.500 bits per heavy atom. The first-order valence-corrected chi connectivity index (χ1v) is 15.3. The van der Waals surface area contributed by atoms with Crippen LogP contribution in [0.5, 0.6) is 11.5 Å². The van der Waals surface area contributed by atoms with Gasteiger partial charge in [0.15, 0.2) is 0 Å². The molecule has 2 N–H and O–H groups in total. The first-order chi connectivity index (χ1) is 23.5. The van der Waals surface area contributed by atoms with Gasteiger partial charge in [0.2, 0.25) is 0 Å². The van der Waals surface area contributed by atoms with E-state index in [2.05, 4.69) is 10.6 Å². The predicted octanol–water partition coefficient (Wildman–Crippen LogP) is 8.64. The van der Waals surface area contributed by atoms with Crippen LogP contribution in [0.15, 0.2) is 133 Å². The number of aromatic nitrogens is 2. The number of methoxy groups -OCH3 is 2. The molecule has 7 rings (SSSR count). The average Bonchev–Trinajstić information content (AvgIpc) is 3.14. The van der Waals surface area contributed by atoms with Crippen LogP contribution in [0, 0.1) is 0 Å². The predicted molar refractivity (Wildman–Crippen MR) is 190 cm³/mol. The number of rotatable bonds is 8. The van der Waals surface area contributed by atoms with Crippen molar-refractivity contribution >= 4 is 45.0 Å². The fourth-order valence-corrected chi connectivity index (χ4v) is 5.62. The standard InChI is InChI=1S/C40H30N4O4/c1-47-29-18-14-25(15-19-29)37-23-33(31-10-3-5-12-35(31)43-37)39(45)41-27-8-7-9-28(22-27)42-40(46)34-24-38(26-16-20-30(48-2)21-17-26)44-36-13-6-4-11-32(34)36/h3-24H,1-2H3,(H,41,45)(H,42,46). The number of carbonyl (C=O) groups excluding carboxylic acids is 2. The van der Waals surface area contributed by atoms with Crippen molar-refractivity contribution in [2.24, 2.45) is 0 Å². The number of anilines is 2. The third-order valence-corrected chi connectivity index (χ3v) is 8.07. The van der Waals surface area contributed by atoms with Gasteiger partial charge in [-0.1, -0.05) is 42.5 Å². The summed E-state index contributed by atoms with van der Waals surface area (Å²) in [4.78, 5) is 37.1. The summed E-state index contributed by atoms with van der Waals surface area (Å²) in [5.41, 5.74) is 6.49. The van der Waals surface area contributed by atoms with Gasteiger partial charge in [0.1, 0.15) is 11.5 Å². The van der Waals surface area contributed by atoms with E-state index >= 15 is 0 Å². The van der Waals surface area contributed by atoms with Gasteiger partial charge in [-0.15, -0.1) is 0 Å². The average molecular weight is 631 g/mol. The molecular weight excluding hydrogens is 600 g/mol. The van der Waals surface area contributed by atoms with Crippen LogP contribution in [-0.4, -0.2) is 36.0 Å². The fourth-order valence-electron chi connectivity index (χ4n) is 5.62. The van der Waals surface area contributed by atoms with E-state index in [0.717, 1.165) is 33.4 Å². The molecule has 0 bridgehead atoms. The Balaban J connectivity index is 1.16. The largest absolute Gasteiger partial charge is 0.497 e. The molecule has 0 radical (unpaired) electrons. The maximum Gasteiger partial charge on any atom is 0.256 e. The van der Waals surface area contributed by atoms with Gasteiger partial charge in [-0.25, -0.2) is 9.97 Å². The van der Waals surface area contributed by atoms with Crippen molar-refractivity contribution in [2.45, 2.75) is 0 Å². The van der Waals surface area contributed by atoms with E-state index in [-0.39, 0.29) is 11.8 Å². The Morgan fingerprint density at radius 3 is 1.33 bits per heavy atom. The molecule has 48 heavy (non-hydrogen) atoms. The first kappa shape index (κ1) is 30.1. The number of carbonyl (C=O) groups is 2. The second-order valence-electron chi connectivity index (χ2n) is 11.1. The lowest BCUT2D eigenvalue weighted by molar-refractivity contribution is 0.102. The quantitative estimate of drug-likeness (QED) is 0.174. The van der Waals surface area contributed by atoms with Crippen molar-refractivity contribution in [1.29, 1.82) is 0 Å². The normalized spacial score (nSPS) is 10.9. The fraction of sp³-hybridized carbons (Fsp3) is 0.0500. The van der Waals surface area contributed by atoms with E-state index in [4.69, 9.17) is 19.4 Å². The molecule has 2 heterocycles. The lowest BCUT2D eigenvalue weighted by Gasteiger charge is -2.13. The number of fused-ring (bicyclic) bond motifs is 2. The third kappa shape index (κ3) is 6.15. The minimum atomic E-state index is -0.295. The number of nitrogens with zero attached hydrogens (tertiary/aromatic N) is 2. The minimum Gasteiger partial charge on any atom is -0.497 e. The van der Waals surface area contributed by atoms with Crippen LogP contribution in [0.4, 0.5) is 11.4 Å². The maximum atomic E-state index is 13.8. The van der Waals surface area contributed by atoms with E-state index < -0.39 is 0 Å². The number of nitrogens with one attached hydrogen (secondary N) is 2. The van der Waals surface area contributed by atoms with E-state index in [9.17, 15) is 9.59 Å². The lowest BCUT2D eigenvalue weighted by Crippen LogP contribution is -2.15. The monoisotopic (exact) mass is 630 g/mol. The molecule has 7 aromatic rings. The second kappa shape index (κ2) is 13.1. The van der Waals surface area contributed by atoms with Gasteiger partial charge in [0, 0.05) is 33.3 Å². The number of pyridine rings is 2. The summed E-state index contributed by atoms with van der Waals surface area (Å²) in [5.74, 6) is 0.880. The van der Waals surface area contributed by atoms with Gasteiger partial charge in [-0.05, 0) is 91.0 Å². The molecule has 0 aliphatic heterocycles. The van der Waals surface area contributed by atoms with Crippen molar-refractivity contribution in [3.63, 3.8) is 0 Å². The highest BCUT2D eigenvalue weighted by atomic mass is 16.5. The van der Waals surface area contributed by atoms with Crippen molar-refractivity contribution in [3.8, 4) is 34.0 Å². The first-order valence-electron chi connectivity index (χ1n) is 15.3. The molecule has 0 saturated heterocycles. The van der Waals surface area contributed by atoms with Crippen molar-refractivity contribution < 1.29 is 19.1 Å². The molecule has 0 saturated carbocycles. The molecule has 0 aliphatic rings. The molecule has 234 valence electrons. The number of hydrogen-bond donors (Lipinski definition) is 2. The van der Waals surface area contributed by atoms with Crippen molar-refractivity contribution in [1.82, 2.24) is 9.97 Å². The van der Waals surface area contributed by atoms with Crippen molar-refractivity contribution in [3.05, 3.63) is 145 Å². The van der Waals surface area contributed by atoms with Gasteiger partial charge in [-0.2, -0.15) is 0 Å². The minimum absolute atomic E-state index is 0.295. The number of hydrogen-bond acceptors (Lipinski definition) is 6. The lowest BCUT2D eigenvalue weighted by atomic mass is 10.0. The molecular formula is C40H30N4O4. The summed E-state index contributed by atoms with van der Waals surface area (Å²) in [6.07, 6.45) is 0. The topological polar surface area (TPSA) is 102 Å². The number of para-hydroxylation sites is 2. The molecule has 8 nitrogen and oxygen atoms in total. The molecule has 8 heteroatoms. The third-order valence-electron chi connectivity index (χ3n) is 8.07. The zero-order chi connectivity index (χ0) is 33.0. The summed E-state index contributed by atoms with van der Waals surface area (Å²) in [6.45, 7) is 0. The van der Waals surface area contributed by atoms with Gasteiger partial charge < -0.3 is 20.1 Å². The summed E-state index contributed by atoms with van der Waals surface area (Å²) >= 11 is 0.